The van der Waals surface area contributed by atoms with Crippen LogP contribution in [-0.4, -0.2) is 4.98 Å². The summed E-state index contributed by atoms with van der Waals surface area (Å²) in [7, 11) is 0. The van der Waals surface area contributed by atoms with E-state index in [9.17, 15) is 0 Å². The van der Waals surface area contributed by atoms with Crippen molar-refractivity contribution in [2.24, 2.45) is 0 Å². The Bertz CT molecular complexity index is 485. The highest BCUT2D eigenvalue weighted by Gasteiger charge is 2.10. The van der Waals surface area contributed by atoms with Crippen LogP contribution in [0.4, 0.5) is 5.69 Å². The molecule has 0 spiro atoms. The molecule has 1 heterocycles. The molecule has 0 saturated carbocycles. The van der Waals surface area contributed by atoms with Crippen LogP contribution in [-0.2, 0) is 6.42 Å². The number of nitrogen functional groups attached to an aromatic ring is 1. The van der Waals surface area contributed by atoms with E-state index in [4.69, 9.17) is 10.2 Å². The van der Waals surface area contributed by atoms with Gasteiger partial charge in [-0.15, -0.1) is 0 Å². The van der Waals surface area contributed by atoms with E-state index in [1.807, 2.05) is 26.8 Å². The molecule has 0 atom stereocenters. The van der Waals surface area contributed by atoms with Crippen LogP contribution in [0.3, 0.4) is 0 Å². The quantitative estimate of drug-likeness (QED) is 0.703. The summed E-state index contributed by atoms with van der Waals surface area (Å²) in [5.41, 5.74) is 10.5. The van der Waals surface area contributed by atoms with Gasteiger partial charge in [-0.05, 0) is 25.5 Å². The number of nitrogens with two attached hydrogens (primary N) is 1. The first-order valence-electron chi connectivity index (χ1n) is 4.78. The van der Waals surface area contributed by atoms with Crippen molar-refractivity contribution in [1.82, 2.24) is 4.98 Å². The lowest BCUT2D eigenvalue weighted by atomic mass is 10.1. The molecule has 0 aliphatic carbocycles. The van der Waals surface area contributed by atoms with E-state index >= 15 is 0 Å². The van der Waals surface area contributed by atoms with Gasteiger partial charge >= 0.3 is 0 Å². The Morgan fingerprint density at radius 2 is 2.14 bits per heavy atom. The highest BCUT2D eigenvalue weighted by atomic mass is 16.3. The molecule has 3 nitrogen and oxygen atoms in total. The van der Waals surface area contributed by atoms with Gasteiger partial charge in [-0.1, -0.05) is 6.92 Å². The number of fused-ring (bicyclic) bond motifs is 1. The number of aromatic nitrogens is 1. The fraction of sp³-hybridized carbons (Fsp3) is 0.364. The van der Waals surface area contributed by atoms with E-state index in [-0.39, 0.29) is 0 Å². The Morgan fingerprint density at radius 1 is 1.43 bits per heavy atom. The van der Waals surface area contributed by atoms with Crippen molar-refractivity contribution >= 4 is 16.8 Å². The SMILES string of the molecule is CCc1nc2c(C)c(N)c(C)cc2o1. The predicted molar refractivity (Wildman–Crippen MR) is 57.3 cm³/mol. The molecule has 0 saturated heterocycles. The molecule has 0 aliphatic rings. The lowest BCUT2D eigenvalue weighted by Crippen LogP contribution is -1.93. The number of hydrogen-bond acceptors (Lipinski definition) is 3. The first kappa shape index (κ1) is 9.06. The molecule has 0 amide bonds. The van der Waals surface area contributed by atoms with Crippen molar-refractivity contribution < 1.29 is 4.42 Å². The number of anilines is 1. The van der Waals surface area contributed by atoms with Gasteiger partial charge < -0.3 is 10.2 Å². The maximum atomic E-state index is 5.92. The Labute approximate surface area is 82.9 Å². The smallest absolute Gasteiger partial charge is 0.195 e. The summed E-state index contributed by atoms with van der Waals surface area (Å²) in [4.78, 5) is 4.39. The minimum atomic E-state index is 0.771. The van der Waals surface area contributed by atoms with Gasteiger partial charge in [-0.3, -0.25) is 0 Å². The zero-order valence-corrected chi connectivity index (χ0v) is 8.72. The van der Waals surface area contributed by atoms with Crippen molar-refractivity contribution in [3.05, 3.63) is 23.1 Å². The molecular weight excluding hydrogens is 176 g/mol. The van der Waals surface area contributed by atoms with Crippen LogP contribution in [0.5, 0.6) is 0 Å². The van der Waals surface area contributed by atoms with Crippen LogP contribution in [0.15, 0.2) is 10.5 Å². The molecule has 1 aromatic carbocycles. The number of rotatable bonds is 1. The van der Waals surface area contributed by atoms with Gasteiger partial charge in [-0.25, -0.2) is 4.98 Å². The molecule has 0 fully saturated rings. The molecule has 2 rings (SSSR count). The third-order valence-electron chi connectivity index (χ3n) is 2.53. The molecule has 0 radical (unpaired) electrons. The molecule has 74 valence electrons. The van der Waals surface area contributed by atoms with Gasteiger partial charge in [0, 0.05) is 17.7 Å². The summed E-state index contributed by atoms with van der Waals surface area (Å²) in [6.07, 6.45) is 0.813. The van der Waals surface area contributed by atoms with Crippen molar-refractivity contribution in [2.75, 3.05) is 5.73 Å². The maximum Gasteiger partial charge on any atom is 0.195 e. The van der Waals surface area contributed by atoms with Gasteiger partial charge in [0.15, 0.2) is 11.5 Å². The summed E-state index contributed by atoms with van der Waals surface area (Å²) in [5.74, 6) is 0.771. The van der Waals surface area contributed by atoms with Crippen LogP contribution >= 0.6 is 0 Å². The second kappa shape index (κ2) is 3.01. The monoisotopic (exact) mass is 190 g/mol. The van der Waals surface area contributed by atoms with Crippen molar-refractivity contribution in [3.8, 4) is 0 Å². The highest BCUT2D eigenvalue weighted by Crippen LogP contribution is 2.27. The third-order valence-corrected chi connectivity index (χ3v) is 2.53. The highest BCUT2D eigenvalue weighted by molar-refractivity contribution is 5.83. The summed E-state index contributed by atoms with van der Waals surface area (Å²) < 4.78 is 5.57. The van der Waals surface area contributed by atoms with Gasteiger partial charge in [0.25, 0.3) is 0 Å². The van der Waals surface area contributed by atoms with E-state index in [0.29, 0.717) is 0 Å². The topological polar surface area (TPSA) is 52.0 Å². The number of aryl methyl sites for hydroxylation is 3. The van der Waals surface area contributed by atoms with Crippen molar-refractivity contribution in [2.45, 2.75) is 27.2 Å². The summed E-state index contributed by atoms with van der Waals surface area (Å²) in [6, 6.07) is 1.95. The fourth-order valence-corrected chi connectivity index (χ4v) is 1.59. The first-order chi connectivity index (χ1) is 6.63. The van der Waals surface area contributed by atoms with Gasteiger partial charge in [0.05, 0.1) is 0 Å². The van der Waals surface area contributed by atoms with Gasteiger partial charge in [0.2, 0.25) is 0 Å². The lowest BCUT2D eigenvalue weighted by Gasteiger charge is -2.02. The third kappa shape index (κ3) is 1.16. The average Bonchev–Trinajstić information content (AvgIpc) is 2.57. The first-order valence-corrected chi connectivity index (χ1v) is 4.78. The van der Waals surface area contributed by atoms with Gasteiger partial charge in [0.1, 0.15) is 5.52 Å². The molecule has 0 unspecified atom stereocenters. The second-order valence-corrected chi connectivity index (χ2v) is 3.54. The zero-order valence-electron chi connectivity index (χ0n) is 8.72. The fourth-order valence-electron chi connectivity index (χ4n) is 1.59. The molecule has 0 bridgehead atoms. The summed E-state index contributed by atoms with van der Waals surface area (Å²) in [6.45, 7) is 5.98. The largest absolute Gasteiger partial charge is 0.441 e. The second-order valence-electron chi connectivity index (χ2n) is 3.54. The Kier molecular flexibility index (Phi) is 1.95. The van der Waals surface area contributed by atoms with Gasteiger partial charge in [-0.2, -0.15) is 0 Å². The minimum Gasteiger partial charge on any atom is -0.441 e. The zero-order chi connectivity index (χ0) is 10.3. The minimum absolute atomic E-state index is 0.771. The Balaban J connectivity index is 2.81. The van der Waals surface area contributed by atoms with E-state index in [0.717, 1.165) is 40.2 Å². The van der Waals surface area contributed by atoms with E-state index in [1.165, 1.54) is 0 Å². The molecule has 0 aliphatic heterocycles. The Hall–Kier alpha value is -1.51. The maximum absolute atomic E-state index is 5.92. The molecule has 1 aromatic heterocycles. The predicted octanol–water partition coefficient (Wildman–Crippen LogP) is 2.59. The molecule has 2 aromatic rings. The average molecular weight is 190 g/mol. The number of benzene rings is 1. The summed E-state index contributed by atoms with van der Waals surface area (Å²) >= 11 is 0. The van der Waals surface area contributed by atoms with E-state index in [2.05, 4.69) is 4.98 Å². The standard InChI is InChI=1S/C11H14N2O/c1-4-9-13-11-7(3)10(12)6(2)5-8(11)14-9/h5H,4,12H2,1-3H3. The van der Waals surface area contributed by atoms with Crippen LogP contribution < -0.4 is 5.73 Å². The van der Waals surface area contributed by atoms with Crippen molar-refractivity contribution in [3.63, 3.8) is 0 Å². The van der Waals surface area contributed by atoms with E-state index in [1.54, 1.807) is 0 Å². The molecule has 2 N–H and O–H groups in total. The van der Waals surface area contributed by atoms with Crippen LogP contribution in [0, 0.1) is 13.8 Å². The van der Waals surface area contributed by atoms with Crippen LogP contribution in [0.1, 0.15) is 23.9 Å². The molecular formula is C11H14N2O. The lowest BCUT2D eigenvalue weighted by molar-refractivity contribution is 0.538. The number of nitrogens with zero attached hydrogens (tertiary/aromatic N) is 1. The van der Waals surface area contributed by atoms with Crippen LogP contribution in [0.25, 0.3) is 11.1 Å². The Morgan fingerprint density at radius 3 is 2.79 bits per heavy atom. The molecule has 3 heteroatoms. The number of oxazole rings is 1. The normalized spacial score (nSPS) is 11.1. The molecule has 14 heavy (non-hydrogen) atoms. The van der Waals surface area contributed by atoms with E-state index < -0.39 is 0 Å². The van der Waals surface area contributed by atoms with Crippen molar-refractivity contribution in [1.29, 1.82) is 0 Å². The number of hydrogen-bond donors (Lipinski definition) is 1. The van der Waals surface area contributed by atoms with Crippen LogP contribution in [0.2, 0.25) is 0 Å². The summed E-state index contributed by atoms with van der Waals surface area (Å²) in [5, 5.41) is 0.